The molecule has 2 heterocycles. The maximum absolute atomic E-state index is 14.7. The molecule has 2 unspecified atom stereocenters. The van der Waals surface area contributed by atoms with Crippen LogP contribution < -0.4 is 0 Å². The topological polar surface area (TPSA) is 326 Å². The Morgan fingerprint density at radius 1 is 0.523 bits per heavy atom. The summed E-state index contributed by atoms with van der Waals surface area (Å²) in [6.07, 6.45) is -13.0. The van der Waals surface area contributed by atoms with Crippen molar-refractivity contribution >= 4 is 46.6 Å². The van der Waals surface area contributed by atoms with Gasteiger partial charge in [0.15, 0.2) is 37.1 Å². The molecule has 0 radical (unpaired) electrons. The predicted molar refractivity (Wildman–Crippen MR) is 208 cm³/mol. The second-order valence-corrected chi connectivity index (χ2v) is 13.4. The van der Waals surface area contributed by atoms with Gasteiger partial charge in [-0.15, -0.1) is 0 Å². The first-order valence-electron chi connectivity index (χ1n) is 18.4. The highest BCUT2D eigenvalue weighted by atomic mass is 19.1. The molecule has 2 fully saturated rings. The average molecular weight is 915 g/mol. The fourth-order valence-corrected chi connectivity index (χ4v) is 5.86. The first-order valence-corrected chi connectivity index (χ1v) is 18.4. The van der Waals surface area contributed by atoms with Crippen molar-refractivity contribution < 1.29 is 85.9 Å². The summed E-state index contributed by atoms with van der Waals surface area (Å²) in [7, 11) is 1.18. The van der Waals surface area contributed by atoms with Gasteiger partial charge in [-0.05, 0) is 48.5 Å². The molecule has 2 saturated heterocycles. The third-order valence-corrected chi connectivity index (χ3v) is 9.25. The van der Waals surface area contributed by atoms with E-state index in [9.17, 15) is 73.5 Å². The van der Waals surface area contributed by atoms with Gasteiger partial charge in [-0.3, -0.25) is 40.5 Å². The van der Waals surface area contributed by atoms with E-state index in [-0.39, 0.29) is 45.0 Å². The number of non-ortho nitro benzene ring substituents is 4. The van der Waals surface area contributed by atoms with E-state index in [2.05, 4.69) is 0 Å². The van der Waals surface area contributed by atoms with Crippen molar-refractivity contribution in [3.05, 3.63) is 160 Å². The highest BCUT2D eigenvalue weighted by molar-refractivity contribution is 5.91. The second kappa shape index (κ2) is 21.4. The normalized spacial score (nSPS) is 22.0. The summed E-state index contributed by atoms with van der Waals surface area (Å²) < 4.78 is 64.5. The summed E-state index contributed by atoms with van der Waals surface area (Å²) in [5, 5.41) is 52.4. The molecule has 8 atom stereocenters. The molecule has 26 heteroatoms. The van der Waals surface area contributed by atoms with Crippen LogP contribution in [0.15, 0.2) is 97.1 Å². The number of ether oxygens (including phenoxy) is 7. The highest BCUT2D eigenvalue weighted by Crippen LogP contribution is 2.30. The number of nitro benzene ring substituents is 4. The standard InChI is InChI=1S/C20H17FN2O10.C19H15FN2O10/c1-30-20-16(21)17(33-19(25)12-4-8-14(9-5-12)23(28)29)15(32-20)10-31-18(24)11-2-6-13(7-3-11)22(26)27;20-15-16(32-18(24)11-3-7-13(8-4-11)22(28)29)14(31-19(15)25)9-30-17(23)10-1-5-12(6-2-10)21(26)27/h2-9,15-17,20H,10H2,1H3;1-8,14-16,19,25H,9H2/t15-,16+,17-,20?;14-,15+,16-,19?/m11/s1. The van der Waals surface area contributed by atoms with Crippen LogP contribution in [0.25, 0.3) is 0 Å². The zero-order valence-corrected chi connectivity index (χ0v) is 33.0. The third kappa shape index (κ3) is 12.2. The molecular weight excluding hydrogens is 882 g/mol. The number of aliphatic hydroxyl groups is 1. The van der Waals surface area contributed by atoms with Crippen LogP contribution in [0.1, 0.15) is 41.4 Å². The Morgan fingerprint density at radius 3 is 1.12 bits per heavy atom. The van der Waals surface area contributed by atoms with E-state index in [0.717, 1.165) is 84.9 Å². The fourth-order valence-electron chi connectivity index (χ4n) is 5.86. The maximum atomic E-state index is 14.7. The molecule has 0 aromatic heterocycles. The van der Waals surface area contributed by atoms with Crippen molar-refractivity contribution in [1.82, 2.24) is 0 Å². The van der Waals surface area contributed by atoms with Crippen LogP contribution in [0.5, 0.6) is 0 Å². The Hall–Kier alpha value is -7.94. The molecular formula is C39H32F2N4O20. The average Bonchev–Trinajstić information content (AvgIpc) is 3.75. The largest absolute Gasteiger partial charge is 0.459 e. The van der Waals surface area contributed by atoms with E-state index in [1.807, 2.05) is 0 Å². The Bertz CT molecular complexity index is 2410. The Balaban J connectivity index is 0.000000244. The van der Waals surface area contributed by atoms with Gasteiger partial charge in [0, 0.05) is 55.6 Å². The lowest BCUT2D eigenvalue weighted by Crippen LogP contribution is -2.37. The summed E-state index contributed by atoms with van der Waals surface area (Å²) in [5.74, 6) is -3.76. The molecule has 2 aliphatic rings. The number of esters is 4. The summed E-state index contributed by atoms with van der Waals surface area (Å²) in [6, 6.07) is 18.0. The van der Waals surface area contributed by atoms with Crippen LogP contribution >= 0.6 is 0 Å². The van der Waals surface area contributed by atoms with Crippen molar-refractivity contribution in [2.24, 2.45) is 0 Å². The van der Waals surface area contributed by atoms with Crippen LogP contribution in [0.2, 0.25) is 0 Å². The Kier molecular flexibility index (Phi) is 15.9. The molecule has 0 aliphatic carbocycles. The number of methoxy groups -OCH3 is 1. The predicted octanol–water partition coefficient (Wildman–Crippen LogP) is 4.54. The fraction of sp³-hybridized carbons (Fsp3) is 0.282. The van der Waals surface area contributed by atoms with E-state index >= 15 is 0 Å². The van der Waals surface area contributed by atoms with Gasteiger partial charge in [-0.25, -0.2) is 28.0 Å². The molecule has 4 aromatic carbocycles. The molecule has 0 saturated carbocycles. The number of carbonyl (C=O) groups is 4. The number of hydrogen-bond acceptors (Lipinski definition) is 20. The number of aliphatic hydroxyl groups excluding tert-OH is 1. The van der Waals surface area contributed by atoms with Crippen molar-refractivity contribution in [3.63, 3.8) is 0 Å². The number of rotatable bonds is 15. The lowest BCUT2D eigenvalue weighted by Gasteiger charge is -2.19. The van der Waals surface area contributed by atoms with Crippen molar-refractivity contribution in [2.45, 2.75) is 49.3 Å². The van der Waals surface area contributed by atoms with Crippen LogP contribution in [-0.4, -0.2) is 118 Å². The van der Waals surface area contributed by atoms with Crippen LogP contribution in [0.3, 0.4) is 0 Å². The van der Waals surface area contributed by atoms with Gasteiger partial charge in [-0.2, -0.15) is 0 Å². The monoisotopic (exact) mass is 914 g/mol. The van der Waals surface area contributed by atoms with Gasteiger partial charge in [0.05, 0.1) is 41.9 Å². The highest BCUT2D eigenvalue weighted by Gasteiger charge is 2.49. The smallest absolute Gasteiger partial charge is 0.338 e. The second-order valence-electron chi connectivity index (χ2n) is 13.4. The van der Waals surface area contributed by atoms with E-state index in [1.54, 1.807) is 0 Å². The lowest BCUT2D eigenvalue weighted by molar-refractivity contribution is -0.385. The third-order valence-electron chi connectivity index (χ3n) is 9.25. The first kappa shape index (κ1) is 48.1. The number of benzene rings is 4. The van der Waals surface area contributed by atoms with Crippen LogP contribution in [-0.2, 0) is 33.2 Å². The van der Waals surface area contributed by atoms with Gasteiger partial charge in [-0.1, -0.05) is 0 Å². The summed E-state index contributed by atoms with van der Waals surface area (Å²) in [5.41, 5.74) is -1.13. The molecule has 24 nitrogen and oxygen atoms in total. The van der Waals surface area contributed by atoms with Crippen molar-refractivity contribution in [3.8, 4) is 0 Å². The number of alkyl halides is 2. The number of nitrogens with zero attached hydrogens (tertiary/aromatic N) is 4. The Morgan fingerprint density at radius 2 is 0.815 bits per heavy atom. The van der Waals surface area contributed by atoms with Gasteiger partial charge in [0.2, 0.25) is 0 Å². The van der Waals surface area contributed by atoms with Gasteiger partial charge in [0.25, 0.3) is 22.7 Å². The number of nitro groups is 4. The molecule has 342 valence electrons. The minimum atomic E-state index is -2.14. The van der Waals surface area contributed by atoms with E-state index < -0.39 is 106 Å². The van der Waals surface area contributed by atoms with Crippen molar-refractivity contribution in [2.75, 3.05) is 20.3 Å². The maximum Gasteiger partial charge on any atom is 0.338 e. The minimum Gasteiger partial charge on any atom is -0.459 e. The molecule has 0 spiro atoms. The minimum absolute atomic E-state index is 0.0121. The molecule has 0 amide bonds. The summed E-state index contributed by atoms with van der Waals surface area (Å²) in [6.45, 7) is -1.10. The Labute approximate surface area is 361 Å². The SMILES string of the molecule is COC1O[C@H](COC(=O)c2ccc([N+](=O)[O-])cc2)[C@@H](OC(=O)c2ccc([N+](=O)[O-])cc2)[C@@H]1F.O=C(OC[C@H]1OC(O)[C@@H](F)[C@@H]1OC(=O)c1ccc([N+](=O)[O-])cc1)c1ccc([N+](=O)[O-])cc1. The molecule has 1 N–H and O–H groups in total. The lowest BCUT2D eigenvalue weighted by atomic mass is 10.1. The number of hydrogen-bond donors (Lipinski definition) is 1. The molecule has 6 rings (SSSR count). The van der Waals surface area contributed by atoms with Gasteiger partial charge in [0.1, 0.15) is 25.4 Å². The quantitative estimate of drug-likeness (QED) is 0.0740. The van der Waals surface area contributed by atoms with E-state index in [1.165, 1.54) is 19.2 Å². The van der Waals surface area contributed by atoms with Gasteiger partial charge < -0.3 is 38.3 Å². The molecule has 2 aliphatic heterocycles. The summed E-state index contributed by atoms with van der Waals surface area (Å²) in [4.78, 5) is 89.2. The molecule has 4 aromatic rings. The molecule has 65 heavy (non-hydrogen) atoms. The number of halogens is 2. The van der Waals surface area contributed by atoms with Crippen molar-refractivity contribution in [1.29, 1.82) is 0 Å². The first-order chi connectivity index (χ1) is 30.9. The zero-order valence-electron chi connectivity index (χ0n) is 33.0. The van der Waals surface area contributed by atoms with Gasteiger partial charge >= 0.3 is 23.9 Å². The van der Waals surface area contributed by atoms with Crippen LogP contribution in [0, 0.1) is 40.5 Å². The summed E-state index contributed by atoms with van der Waals surface area (Å²) >= 11 is 0. The molecule has 0 bridgehead atoms. The van der Waals surface area contributed by atoms with Crippen LogP contribution in [0.4, 0.5) is 31.5 Å². The number of carbonyl (C=O) groups excluding carboxylic acids is 4. The van der Waals surface area contributed by atoms with E-state index in [4.69, 9.17) is 33.2 Å². The van der Waals surface area contributed by atoms with E-state index in [0.29, 0.717) is 0 Å². The zero-order chi connectivity index (χ0) is 47.5.